The second kappa shape index (κ2) is 6.58. The van der Waals surface area contributed by atoms with Crippen LogP contribution in [0.4, 0.5) is 8.78 Å². The normalized spacial score (nSPS) is 20.2. The molecule has 0 spiro atoms. The molecule has 1 fully saturated rings. The summed E-state index contributed by atoms with van der Waals surface area (Å²) in [6.07, 6.45) is 0. The molecule has 24 heavy (non-hydrogen) atoms. The van der Waals surface area contributed by atoms with Gasteiger partial charge < -0.3 is 4.90 Å². The molecule has 0 bridgehead atoms. The van der Waals surface area contributed by atoms with Gasteiger partial charge in [-0.3, -0.25) is 0 Å². The van der Waals surface area contributed by atoms with Crippen LogP contribution in [0.1, 0.15) is 11.6 Å². The van der Waals surface area contributed by atoms with Crippen molar-refractivity contribution in [1.82, 2.24) is 9.21 Å². The molecule has 2 aromatic carbocycles. The number of piperazine rings is 1. The first kappa shape index (κ1) is 17.0. The van der Waals surface area contributed by atoms with Crippen molar-refractivity contribution in [2.45, 2.75) is 10.9 Å². The van der Waals surface area contributed by atoms with Crippen LogP contribution >= 0.6 is 0 Å². The van der Waals surface area contributed by atoms with Crippen LogP contribution in [0.5, 0.6) is 0 Å². The molecule has 1 aliphatic rings. The van der Waals surface area contributed by atoms with Crippen LogP contribution in [0.15, 0.2) is 53.4 Å². The number of rotatable bonds is 3. The Balaban J connectivity index is 2.03. The predicted molar refractivity (Wildman–Crippen MR) is 86.9 cm³/mol. The topological polar surface area (TPSA) is 40.6 Å². The fraction of sp³-hybridized carbons (Fsp3) is 0.294. The molecule has 1 aliphatic heterocycles. The highest BCUT2D eigenvalue weighted by Gasteiger charge is 2.36. The molecular formula is C17H18F2N2O2S. The first-order chi connectivity index (χ1) is 11.4. The minimum absolute atomic E-state index is 0.260. The van der Waals surface area contributed by atoms with Gasteiger partial charge in [-0.1, -0.05) is 30.3 Å². The Kier molecular flexibility index (Phi) is 4.67. The number of hydrogen-bond donors (Lipinski definition) is 0. The summed E-state index contributed by atoms with van der Waals surface area (Å²) in [7, 11) is -2.08. The Bertz CT molecular complexity index is 807. The number of likely N-dealkylation sites (N-methyl/N-ethyl adjacent to an activating group) is 1. The minimum Gasteiger partial charge on any atom is -0.303 e. The van der Waals surface area contributed by atoms with Gasteiger partial charge in [0, 0.05) is 25.7 Å². The van der Waals surface area contributed by atoms with E-state index in [4.69, 9.17) is 0 Å². The van der Waals surface area contributed by atoms with E-state index in [0.29, 0.717) is 19.2 Å². The molecule has 7 heteroatoms. The number of nitrogens with zero attached hydrogens (tertiary/aromatic N) is 2. The summed E-state index contributed by atoms with van der Waals surface area (Å²) in [5.41, 5.74) is 0.851. The van der Waals surface area contributed by atoms with E-state index in [0.717, 1.165) is 17.7 Å². The molecule has 1 atom stereocenters. The highest BCUT2D eigenvalue weighted by atomic mass is 32.2. The van der Waals surface area contributed by atoms with Gasteiger partial charge in [-0.2, -0.15) is 4.31 Å². The lowest BCUT2D eigenvalue weighted by atomic mass is 10.1. The van der Waals surface area contributed by atoms with E-state index in [2.05, 4.69) is 0 Å². The van der Waals surface area contributed by atoms with Crippen LogP contribution in [0, 0.1) is 11.6 Å². The second-order valence-corrected chi connectivity index (χ2v) is 7.80. The van der Waals surface area contributed by atoms with Crippen LogP contribution in [0.2, 0.25) is 0 Å². The molecule has 0 amide bonds. The van der Waals surface area contributed by atoms with Crippen molar-refractivity contribution in [3.8, 4) is 0 Å². The molecule has 1 saturated heterocycles. The monoisotopic (exact) mass is 352 g/mol. The van der Waals surface area contributed by atoms with Gasteiger partial charge in [0.25, 0.3) is 0 Å². The van der Waals surface area contributed by atoms with E-state index in [1.165, 1.54) is 4.31 Å². The molecule has 1 heterocycles. The quantitative estimate of drug-likeness (QED) is 0.853. The summed E-state index contributed by atoms with van der Waals surface area (Å²) in [4.78, 5) is 1.68. The summed E-state index contributed by atoms with van der Waals surface area (Å²) >= 11 is 0. The van der Waals surface area contributed by atoms with Crippen LogP contribution in [-0.4, -0.2) is 44.3 Å². The maximum atomic E-state index is 13.5. The van der Waals surface area contributed by atoms with Crippen molar-refractivity contribution in [2.75, 3.05) is 26.7 Å². The Morgan fingerprint density at radius 1 is 1.00 bits per heavy atom. The molecule has 0 unspecified atom stereocenters. The average Bonchev–Trinajstić information content (AvgIpc) is 2.54. The van der Waals surface area contributed by atoms with E-state index < -0.39 is 27.7 Å². The third-order valence-electron chi connectivity index (χ3n) is 4.16. The third kappa shape index (κ3) is 3.33. The van der Waals surface area contributed by atoms with E-state index in [1.54, 1.807) is 0 Å². The number of halogens is 2. The largest absolute Gasteiger partial charge is 0.303 e. The predicted octanol–water partition coefficient (Wildman–Crippen LogP) is 2.64. The van der Waals surface area contributed by atoms with Crippen molar-refractivity contribution in [3.05, 3.63) is 65.7 Å². The number of benzene rings is 2. The SMILES string of the molecule is CN1CCN(S(=O)(=O)c2cc(F)cc(F)c2)[C@@H](c2ccccc2)C1. The van der Waals surface area contributed by atoms with Crippen molar-refractivity contribution in [1.29, 1.82) is 0 Å². The first-order valence-electron chi connectivity index (χ1n) is 7.59. The molecule has 3 rings (SSSR count). The Hall–Kier alpha value is -1.83. The van der Waals surface area contributed by atoms with Gasteiger partial charge in [0.15, 0.2) is 0 Å². The van der Waals surface area contributed by atoms with Crippen LogP contribution in [0.3, 0.4) is 0 Å². The molecule has 0 radical (unpaired) electrons. The first-order valence-corrected chi connectivity index (χ1v) is 9.03. The maximum absolute atomic E-state index is 13.5. The standard InChI is InChI=1S/C17H18F2N2O2S/c1-20-7-8-21(17(12-20)13-5-3-2-4-6-13)24(22,23)16-10-14(18)9-15(19)11-16/h2-6,9-11,17H,7-8,12H2,1H3/t17-/m1/s1. The molecule has 0 aromatic heterocycles. The average molecular weight is 352 g/mol. The number of hydrogen-bond acceptors (Lipinski definition) is 3. The lowest BCUT2D eigenvalue weighted by Gasteiger charge is -2.39. The Morgan fingerprint density at radius 3 is 2.25 bits per heavy atom. The zero-order valence-corrected chi connectivity index (χ0v) is 14.0. The zero-order chi connectivity index (χ0) is 17.3. The summed E-state index contributed by atoms with van der Waals surface area (Å²) < 4.78 is 54.2. The second-order valence-electron chi connectivity index (χ2n) is 5.91. The fourth-order valence-corrected chi connectivity index (χ4v) is 4.59. The van der Waals surface area contributed by atoms with Crippen LogP contribution in [0.25, 0.3) is 0 Å². The van der Waals surface area contributed by atoms with Gasteiger partial charge in [0.05, 0.1) is 10.9 Å². The molecule has 2 aromatic rings. The van der Waals surface area contributed by atoms with Gasteiger partial charge in [-0.25, -0.2) is 17.2 Å². The van der Waals surface area contributed by atoms with E-state index in [-0.39, 0.29) is 11.4 Å². The summed E-state index contributed by atoms with van der Waals surface area (Å²) in [6.45, 7) is 1.33. The van der Waals surface area contributed by atoms with Gasteiger partial charge in [-0.05, 0) is 24.7 Å². The van der Waals surface area contributed by atoms with Crippen molar-refractivity contribution < 1.29 is 17.2 Å². The summed E-state index contributed by atoms with van der Waals surface area (Å²) in [5, 5.41) is 0. The maximum Gasteiger partial charge on any atom is 0.243 e. The third-order valence-corrected chi connectivity index (χ3v) is 6.05. The van der Waals surface area contributed by atoms with Gasteiger partial charge in [0.2, 0.25) is 10.0 Å². The molecule has 4 nitrogen and oxygen atoms in total. The number of sulfonamides is 1. The summed E-state index contributed by atoms with van der Waals surface area (Å²) in [5.74, 6) is -1.81. The van der Waals surface area contributed by atoms with Crippen molar-refractivity contribution in [3.63, 3.8) is 0 Å². The fourth-order valence-electron chi connectivity index (χ4n) is 2.95. The van der Waals surface area contributed by atoms with E-state index in [1.807, 2.05) is 42.3 Å². The Morgan fingerprint density at radius 2 is 1.62 bits per heavy atom. The summed E-state index contributed by atoms with van der Waals surface area (Å²) in [6, 6.07) is 11.2. The molecule has 0 N–H and O–H groups in total. The van der Waals surface area contributed by atoms with E-state index >= 15 is 0 Å². The highest BCUT2D eigenvalue weighted by molar-refractivity contribution is 7.89. The minimum atomic E-state index is -4.00. The smallest absolute Gasteiger partial charge is 0.243 e. The molecular weight excluding hydrogens is 334 g/mol. The zero-order valence-electron chi connectivity index (χ0n) is 13.2. The lowest BCUT2D eigenvalue weighted by Crippen LogP contribution is -2.49. The van der Waals surface area contributed by atoms with Crippen LogP contribution < -0.4 is 0 Å². The molecule has 0 aliphatic carbocycles. The molecule has 0 saturated carbocycles. The highest BCUT2D eigenvalue weighted by Crippen LogP contribution is 2.31. The van der Waals surface area contributed by atoms with Gasteiger partial charge in [-0.15, -0.1) is 0 Å². The van der Waals surface area contributed by atoms with E-state index in [9.17, 15) is 17.2 Å². The van der Waals surface area contributed by atoms with Gasteiger partial charge >= 0.3 is 0 Å². The Labute approximate surface area is 140 Å². The van der Waals surface area contributed by atoms with Crippen molar-refractivity contribution >= 4 is 10.0 Å². The molecule has 128 valence electrons. The lowest BCUT2D eigenvalue weighted by molar-refractivity contribution is 0.160. The van der Waals surface area contributed by atoms with Crippen LogP contribution in [-0.2, 0) is 10.0 Å². The van der Waals surface area contributed by atoms with Gasteiger partial charge in [0.1, 0.15) is 11.6 Å². The van der Waals surface area contributed by atoms with Crippen molar-refractivity contribution in [2.24, 2.45) is 0 Å².